The van der Waals surface area contributed by atoms with Crippen molar-refractivity contribution < 1.29 is 24.5 Å². The van der Waals surface area contributed by atoms with E-state index in [9.17, 15) is 14.7 Å². The number of carbonyl (C=O) groups excluding carboxylic acids is 1. The second-order valence-electron chi connectivity index (χ2n) is 7.45. The maximum absolute atomic E-state index is 12.6. The van der Waals surface area contributed by atoms with Gasteiger partial charge in [-0.1, -0.05) is 19.3 Å². The Morgan fingerprint density at radius 3 is 2.37 bits per heavy atom. The summed E-state index contributed by atoms with van der Waals surface area (Å²) in [7, 11) is 0. The van der Waals surface area contributed by atoms with Crippen molar-refractivity contribution in [1.29, 1.82) is 0 Å². The van der Waals surface area contributed by atoms with E-state index < -0.39 is 5.97 Å². The van der Waals surface area contributed by atoms with Crippen molar-refractivity contribution >= 4 is 43.7 Å². The van der Waals surface area contributed by atoms with E-state index in [2.05, 4.69) is 37.2 Å². The second kappa shape index (κ2) is 10.3. The number of ether oxygens (including phenoxy) is 1. The van der Waals surface area contributed by atoms with Crippen LogP contribution in [0.4, 0.5) is 0 Å². The minimum Gasteiger partial charge on any atom is -0.507 e. The lowest BCUT2D eigenvalue weighted by Crippen LogP contribution is -2.30. The highest BCUT2D eigenvalue weighted by atomic mass is 79.9. The van der Waals surface area contributed by atoms with Crippen LogP contribution in [-0.2, 0) is 11.2 Å². The molecule has 0 heterocycles. The van der Waals surface area contributed by atoms with Gasteiger partial charge in [0.15, 0.2) is 5.75 Å². The van der Waals surface area contributed by atoms with Gasteiger partial charge in [-0.2, -0.15) is 0 Å². The molecule has 3 N–H and O–H groups in total. The quantitative estimate of drug-likeness (QED) is 0.422. The number of hydrogen-bond donors (Lipinski definition) is 3. The van der Waals surface area contributed by atoms with E-state index in [1.54, 1.807) is 18.2 Å². The maximum Gasteiger partial charge on any atom is 0.307 e. The summed E-state index contributed by atoms with van der Waals surface area (Å²) in [6.45, 7) is 0.603. The van der Waals surface area contributed by atoms with Crippen molar-refractivity contribution in [1.82, 2.24) is 5.32 Å². The van der Waals surface area contributed by atoms with Gasteiger partial charge in [0, 0.05) is 6.54 Å². The van der Waals surface area contributed by atoms with Gasteiger partial charge in [0.25, 0.3) is 5.91 Å². The topological polar surface area (TPSA) is 95.9 Å². The van der Waals surface area contributed by atoms with E-state index >= 15 is 0 Å². The Morgan fingerprint density at radius 1 is 1.07 bits per heavy atom. The predicted octanol–water partition coefficient (Wildman–Crippen LogP) is 5.65. The third-order valence-electron chi connectivity index (χ3n) is 5.12. The van der Waals surface area contributed by atoms with Gasteiger partial charge < -0.3 is 20.3 Å². The highest BCUT2D eigenvalue weighted by molar-refractivity contribution is 9.11. The number of halogens is 2. The van der Waals surface area contributed by atoms with E-state index in [-0.39, 0.29) is 23.6 Å². The van der Waals surface area contributed by atoms with Crippen molar-refractivity contribution in [2.75, 3.05) is 6.54 Å². The lowest BCUT2D eigenvalue weighted by Gasteiger charge is -2.21. The van der Waals surface area contributed by atoms with Gasteiger partial charge in [0.1, 0.15) is 11.5 Å². The number of amides is 1. The molecule has 0 radical (unpaired) electrons. The molecule has 8 heteroatoms. The summed E-state index contributed by atoms with van der Waals surface area (Å²) in [5, 5.41) is 22.0. The van der Waals surface area contributed by atoms with Crippen LogP contribution < -0.4 is 10.1 Å². The number of benzene rings is 2. The summed E-state index contributed by atoms with van der Waals surface area (Å²) in [5.41, 5.74) is 0.764. The normalized spacial score (nSPS) is 14.3. The minimum absolute atomic E-state index is 0.109. The summed E-state index contributed by atoms with van der Waals surface area (Å²) < 4.78 is 7.06. The van der Waals surface area contributed by atoms with Crippen LogP contribution in [0.15, 0.2) is 39.3 Å². The van der Waals surface area contributed by atoms with Crippen LogP contribution in [-0.4, -0.2) is 28.6 Å². The van der Waals surface area contributed by atoms with E-state index in [1.165, 1.54) is 31.4 Å². The Bertz CT molecular complexity index is 918. The zero-order chi connectivity index (χ0) is 21.7. The molecule has 0 aliphatic heterocycles. The Balaban J connectivity index is 1.73. The number of phenols is 1. The Hall–Kier alpha value is -2.06. The average Bonchev–Trinajstić information content (AvgIpc) is 2.70. The minimum atomic E-state index is -0.926. The van der Waals surface area contributed by atoms with Crippen LogP contribution in [0, 0.1) is 5.92 Å². The summed E-state index contributed by atoms with van der Waals surface area (Å²) >= 11 is 6.80. The largest absolute Gasteiger partial charge is 0.507 e. The van der Waals surface area contributed by atoms with Gasteiger partial charge in [-0.3, -0.25) is 9.59 Å². The molecule has 1 amide bonds. The van der Waals surface area contributed by atoms with Crippen molar-refractivity contribution in [3.8, 4) is 17.2 Å². The molecule has 3 rings (SSSR count). The van der Waals surface area contributed by atoms with Gasteiger partial charge in [0.05, 0.1) is 20.9 Å². The first-order valence-electron chi connectivity index (χ1n) is 9.82. The number of phenolic OH excluding ortho intramolecular Hbond substituents is 1. The van der Waals surface area contributed by atoms with E-state index in [1.807, 2.05) is 0 Å². The van der Waals surface area contributed by atoms with Crippen molar-refractivity contribution in [2.24, 2.45) is 5.92 Å². The average molecular weight is 541 g/mol. The van der Waals surface area contributed by atoms with E-state index in [0.29, 0.717) is 38.5 Å². The molecule has 6 nitrogen and oxygen atoms in total. The Labute approximate surface area is 191 Å². The first-order valence-corrected chi connectivity index (χ1v) is 11.4. The fraction of sp³-hybridized carbons (Fsp3) is 0.364. The highest BCUT2D eigenvalue weighted by Crippen LogP contribution is 2.39. The Kier molecular flexibility index (Phi) is 7.77. The van der Waals surface area contributed by atoms with E-state index in [0.717, 1.165) is 12.8 Å². The summed E-state index contributed by atoms with van der Waals surface area (Å²) in [5.74, 6) is -0.0614. The molecule has 0 aromatic heterocycles. The van der Waals surface area contributed by atoms with Crippen molar-refractivity contribution in [3.05, 3.63) is 50.4 Å². The molecule has 160 valence electrons. The van der Waals surface area contributed by atoms with Gasteiger partial charge in [-0.05, 0) is 86.5 Å². The third kappa shape index (κ3) is 5.98. The summed E-state index contributed by atoms with van der Waals surface area (Å²) in [6.07, 6.45) is 5.79. The van der Waals surface area contributed by atoms with Crippen LogP contribution in [0.3, 0.4) is 0 Å². The lowest BCUT2D eigenvalue weighted by atomic mass is 9.89. The standard InChI is InChI=1S/C22H23Br2NO5/c23-17-8-14(10-20(27)28)9-18(24)21(17)30-15-6-7-19(26)16(11-15)22(29)25-12-13-4-2-1-3-5-13/h6-9,11,13,26H,1-5,10,12H2,(H,25,29)(H,27,28). The fourth-order valence-electron chi connectivity index (χ4n) is 3.59. The molecule has 1 fully saturated rings. The number of nitrogens with one attached hydrogen (secondary N) is 1. The molecule has 1 aliphatic rings. The number of rotatable bonds is 7. The first kappa shape index (κ1) is 22.6. The molecule has 0 unspecified atom stereocenters. The molecule has 0 saturated heterocycles. The van der Waals surface area contributed by atoms with Crippen LogP contribution in [0.2, 0.25) is 0 Å². The second-order valence-corrected chi connectivity index (χ2v) is 9.16. The molecule has 0 spiro atoms. The smallest absolute Gasteiger partial charge is 0.307 e. The van der Waals surface area contributed by atoms with Gasteiger partial charge in [-0.25, -0.2) is 0 Å². The summed E-state index contributed by atoms with van der Waals surface area (Å²) in [6, 6.07) is 7.83. The van der Waals surface area contributed by atoms with Crippen LogP contribution in [0.1, 0.15) is 48.0 Å². The molecule has 1 saturated carbocycles. The zero-order valence-electron chi connectivity index (χ0n) is 16.3. The number of carboxylic acids is 1. The first-order chi connectivity index (χ1) is 14.3. The van der Waals surface area contributed by atoms with E-state index in [4.69, 9.17) is 9.84 Å². The fourth-order valence-corrected chi connectivity index (χ4v) is 5.03. The molecule has 1 aliphatic carbocycles. The molecule has 0 atom stereocenters. The van der Waals surface area contributed by atoms with Crippen molar-refractivity contribution in [2.45, 2.75) is 38.5 Å². The maximum atomic E-state index is 12.6. The van der Waals surface area contributed by atoms with Gasteiger partial charge >= 0.3 is 5.97 Å². The number of aromatic hydroxyl groups is 1. The summed E-state index contributed by atoms with van der Waals surface area (Å²) in [4.78, 5) is 23.5. The number of carboxylic acid groups (broad SMARTS) is 1. The Morgan fingerprint density at radius 2 is 1.73 bits per heavy atom. The van der Waals surface area contributed by atoms with Crippen LogP contribution >= 0.6 is 31.9 Å². The van der Waals surface area contributed by atoms with Crippen LogP contribution in [0.25, 0.3) is 0 Å². The van der Waals surface area contributed by atoms with Gasteiger partial charge in [0.2, 0.25) is 0 Å². The molecule has 2 aromatic carbocycles. The number of carbonyl (C=O) groups is 2. The predicted molar refractivity (Wildman–Crippen MR) is 120 cm³/mol. The van der Waals surface area contributed by atoms with Gasteiger partial charge in [-0.15, -0.1) is 0 Å². The molecular weight excluding hydrogens is 518 g/mol. The highest BCUT2D eigenvalue weighted by Gasteiger charge is 2.18. The monoisotopic (exact) mass is 539 g/mol. The zero-order valence-corrected chi connectivity index (χ0v) is 19.5. The number of aliphatic carboxylic acids is 1. The molecule has 30 heavy (non-hydrogen) atoms. The molecule has 0 bridgehead atoms. The number of hydrogen-bond acceptors (Lipinski definition) is 4. The van der Waals surface area contributed by atoms with Crippen molar-refractivity contribution in [3.63, 3.8) is 0 Å². The molecule has 2 aromatic rings. The molecular formula is C22H23Br2NO5. The lowest BCUT2D eigenvalue weighted by molar-refractivity contribution is -0.136. The van der Waals surface area contributed by atoms with Crippen LogP contribution in [0.5, 0.6) is 17.2 Å². The third-order valence-corrected chi connectivity index (χ3v) is 6.30. The SMILES string of the molecule is O=C(O)Cc1cc(Br)c(Oc2ccc(O)c(C(=O)NCC3CCCCC3)c2)c(Br)c1.